The summed E-state index contributed by atoms with van der Waals surface area (Å²) in [6.07, 6.45) is 10.7. The summed E-state index contributed by atoms with van der Waals surface area (Å²) in [6.45, 7) is 3.33. The highest BCUT2D eigenvalue weighted by molar-refractivity contribution is 6.25. The first-order valence-electron chi connectivity index (χ1n) is 9.72. The number of amides is 1. The van der Waals surface area contributed by atoms with Crippen LogP contribution in [0.2, 0.25) is 0 Å². The largest absolute Gasteiger partial charge is 0.427 e. The summed E-state index contributed by atoms with van der Waals surface area (Å²) >= 11 is 5.46. The smallest absolute Gasteiger partial charge is 0.413 e. The number of ether oxygens (including phenoxy) is 2. The fourth-order valence-electron chi connectivity index (χ4n) is 3.17. The Morgan fingerprint density at radius 1 is 1.21 bits per heavy atom. The topological polar surface area (TPSA) is 98.9 Å². The predicted molar refractivity (Wildman–Crippen MR) is 112 cm³/mol. The van der Waals surface area contributed by atoms with E-state index in [0.717, 1.165) is 12.8 Å². The normalized spacial score (nSPS) is 21.2. The minimum absolute atomic E-state index is 0.0586. The standard InChI is InChI=1S/C21H31ClN2O5/c1-16(2)14-17(23)19(26)28-15-29-20(27)24(3)21(11-7-4-5-9-13-22)12-8-6-10-18(21)25/h4-5,7,9,11,13,16-17H,6,8,10,12,14-15,23H2,1-3H3/b5-4-,11-7+,13-9+/t17-,21+/m0/s1. The van der Waals surface area contributed by atoms with E-state index in [1.54, 1.807) is 30.4 Å². The highest BCUT2D eigenvalue weighted by Gasteiger charge is 2.44. The van der Waals surface area contributed by atoms with Crippen LogP contribution >= 0.6 is 11.6 Å². The minimum Gasteiger partial charge on any atom is -0.427 e. The van der Waals surface area contributed by atoms with Crippen molar-refractivity contribution in [2.75, 3.05) is 13.8 Å². The third kappa shape index (κ3) is 7.66. The monoisotopic (exact) mass is 426 g/mol. The van der Waals surface area contributed by atoms with Crippen LogP contribution in [0.15, 0.2) is 35.9 Å². The van der Waals surface area contributed by atoms with Gasteiger partial charge in [0.15, 0.2) is 5.78 Å². The van der Waals surface area contributed by atoms with Crippen LogP contribution in [0.5, 0.6) is 0 Å². The number of hydrogen-bond donors (Lipinski definition) is 1. The van der Waals surface area contributed by atoms with Crippen molar-refractivity contribution in [3.8, 4) is 0 Å². The molecule has 0 spiro atoms. The van der Waals surface area contributed by atoms with Gasteiger partial charge in [-0.1, -0.05) is 55.8 Å². The number of esters is 1. The number of nitrogens with two attached hydrogens (primary N) is 1. The first-order chi connectivity index (χ1) is 13.7. The molecule has 0 unspecified atom stereocenters. The van der Waals surface area contributed by atoms with Crippen molar-refractivity contribution in [1.29, 1.82) is 0 Å². The van der Waals surface area contributed by atoms with Gasteiger partial charge in [0.05, 0.1) is 0 Å². The van der Waals surface area contributed by atoms with Crippen molar-refractivity contribution in [2.45, 2.75) is 57.5 Å². The molecule has 162 valence electrons. The summed E-state index contributed by atoms with van der Waals surface area (Å²) in [6, 6.07) is -0.769. The molecular formula is C21H31ClN2O5. The minimum atomic E-state index is -1.09. The van der Waals surface area contributed by atoms with Crippen molar-refractivity contribution in [2.24, 2.45) is 11.7 Å². The number of hydrogen-bond acceptors (Lipinski definition) is 6. The second-order valence-electron chi connectivity index (χ2n) is 7.40. The van der Waals surface area contributed by atoms with Crippen molar-refractivity contribution in [3.05, 3.63) is 35.9 Å². The zero-order valence-electron chi connectivity index (χ0n) is 17.3. The first-order valence-corrected chi connectivity index (χ1v) is 10.2. The lowest BCUT2D eigenvalue weighted by Gasteiger charge is -2.40. The summed E-state index contributed by atoms with van der Waals surface area (Å²) in [5, 5.41) is 0. The first kappa shape index (κ1) is 24.9. The molecule has 0 aromatic carbocycles. The van der Waals surface area contributed by atoms with Crippen LogP contribution in [-0.4, -0.2) is 48.2 Å². The second kappa shape index (κ2) is 12.4. The Bertz CT molecular complexity index is 659. The van der Waals surface area contributed by atoms with Crippen LogP contribution in [0, 0.1) is 5.92 Å². The molecule has 1 aliphatic rings. The second-order valence-corrected chi connectivity index (χ2v) is 7.66. The third-order valence-electron chi connectivity index (χ3n) is 4.76. The number of Topliss-reactive ketones (excluding diaryl/α,β-unsaturated/α-hetero) is 1. The number of rotatable bonds is 9. The zero-order valence-corrected chi connectivity index (χ0v) is 18.1. The van der Waals surface area contributed by atoms with Crippen molar-refractivity contribution in [3.63, 3.8) is 0 Å². The summed E-state index contributed by atoms with van der Waals surface area (Å²) < 4.78 is 9.99. The molecule has 1 aliphatic carbocycles. The molecule has 0 aromatic rings. The van der Waals surface area contributed by atoms with Gasteiger partial charge in [0.25, 0.3) is 0 Å². The van der Waals surface area contributed by atoms with Gasteiger partial charge in [-0.05, 0) is 31.6 Å². The highest BCUT2D eigenvalue weighted by Crippen LogP contribution is 2.32. The van der Waals surface area contributed by atoms with E-state index in [0.29, 0.717) is 19.3 Å². The van der Waals surface area contributed by atoms with E-state index in [9.17, 15) is 14.4 Å². The van der Waals surface area contributed by atoms with E-state index in [1.807, 2.05) is 13.8 Å². The molecule has 7 nitrogen and oxygen atoms in total. The van der Waals surface area contributed by atoms with Crippen LogP contribution in [0.1, 0.15) is 46.0 Å². The Labute approximate surface area is 177 Å². The Morgan fingerprint density at radius 3 is 2.52 bits per heavy atom. The van der Waals surface area contributed by atoms with Gasteiger partial charge in [0.2, 0.25) is 6.79 Å². The third-order valence-corrected chi connectivity index (χ3v) is 4.90. The van der Waals surface area contributed by atoms with Gasteiger partial charge < -0.3 is 15.2 Å². The van der Waals surface area contributed by atoms with E-state index in [-0.39, 0.29) is 11.7 Å². The predicted octanol–water partition coefficient (Wildman–Crippen LogP) is 3.68. The highest BCUT2D eigenvalue weighted by atomic mass is 35.5. The SMILES string of the molecule is CC(C)C[C@H](N)C(=O)OCOC(=O)N(C)[C@]1(/C=C/C=C\C=C\Cl)CCCCC1=O. The van der Waals surface area contributed by atoms with Gasteiger partial charge in [0, 0.05) is 19.0 Å². The van der Waals surface area contributed by atoms with Crippen molar-refractivity contribution in [1.82, 2.24) is 4.90 Å². The summed E-state index contributed by atoms with van der Waals surface area (Å²) in [5.74, 6) is -0.448. The molecule has 0 bridgehead atoms. The Morgan fingerprint density at radius 2 is 1.90 bits per heavy atom. The summed E-state index contributed by atoms with van der Waals surface area (Å²) in [7, 11) is 1.50. The number of likely N-dealkylation sites (N-methyl/N-ethyl adjacent to an activating group) is 1. The molecule has 0 radical (unpaired) electrons. The molecular weight excluding hydrogens is 396 g/mol. The molecule has 1 rings (SSSR count). The number of ketones is 1. The quantitative estimate of drug-likeness (QED) is 0.343. The molecule has 2 N–H and O–H groups in total. The zero-order chi connectivity index (χ0) is 21.9. The molecule has 29 heavy (non-hydrogen) atoms. The molecule has 0 aromatic heterocycles. The van der Waals surface area contributed by atoms with Crippen LogP contribution < -0.4 is 5.73 Å². The molecule has 0 heterocycles. The molecule has 1 amide bonds. The van der Waals surface area contributed by atoms with Gasteiger partial charge in [-0.25, -0.2) is 4.79 Å². The van der Waals surface area contributed by atoms with Crippen molar-refractivity contribution < 1.29 is 23.9 Å². The summed E-state index contributed by atoms with van der Waals surface area (Å²) in [4.78, 5) is 38.3. The van der Waals surface area contributed by atoms with Gasteiger partial charge >= 0.3 is 12.1 Å². The number of carbonyl (C=O) groups is 3. The Hall–Kier alpha value is -2.12. The number of nitrogens with zero attached hydrogens (tertiary/aromatic N) is 1. The van der Waals surface area contributed by atoms with E-state index in [2.05, 4.69) is 0 Å². The molecule has 2 atom stereocenters. The van der Waals surface area contributed by atoms with Crippen LogP contribution in [0.25, 0.3) is 0 Å². The van der Waals surface area contributed by atoms with Gasteiger partial charge in [-0.3, -0.25) is 14.5 Å². The fourth-order valence-corrected chi connectivity index (χ4v) is 3.26. The Kier molecular flexibility index (Phi) is 10.7. The van der Waals surface area contributed by atoms with Gasteiger partial charge in [-0.15, -0.1) is 0 Å². The number of allylic oxidation sites excluding steroid dienone is 4. The van der Waals surface area contributed by atoms with Crippen LogP contribution in [0.4, 0.5) is 4.79 Å². The Balaban J connectivity index is 2.75. The van der Waals surface area contributed by atoms with Gasteiger partial charge in [-0.2, -0.15) is 0 Å². The van der Waals surface area contributed by atoms with Crippen LogP contribution in [0.3, 0.4) is 0 Å². The maximum atomic E-state index is 12.7. The molecule has 0 saturated heterocycles. The maximum absolute atomic E-state index is 12.7. The number of carbonyl (C=O) groups excluding carboxylic acids is 3. The van der Waals surface area contributed by atoms with E-state index < -0.39 is 30.4 Å². The van der Waals surface area contributed by atoms with Crippen LogP contribution in [-0.2, 0) is 19.1 Å². The van der Waals surface area contributed by atoms with E-state index >= 15 is 0 Å². The summed E-state index contributed by atoms with van der Waals surface area (Å²) in [5.41, 5.74) is 6.01. The molecule has 1 fully saturated rings. The lowest BCUT2D eigenvalue weighted by Crippen LogP contribution is -2.55. The fraction of sp³-hybridized carbons (Fsp3) is 0.571. The average molecular weight is 427 g/mol. The van der Waals surface area contributed by atoms with E-state index in [1.165, 1.54) is 17.5 Å². The molecule has 1 saturated carbocycles. The maximum Gasteiger partial charge on any atom is 0.413 e. The number of halogens is 1. The van der Waals surface area contributed by atoms with Crippen molar-refractivity contribution >= 4 is 29.4 Å². The lowest BCUT2D eigenvalue weighted by atomic mass is 9.79. The van der Waals surface area contributed by atoms with Gasteiger partial charge in [0.1, 0.15) is 11.6 Å². The molecule has 8 heteroatoms. The lowest BCUT2D eigenvalue weighted by molar-refractivity contribution is -0.155. The van der Waals surface area contributed by atoms with E-state index in [4.69, 9.17) is 26.8 Å². The molecule has 0 aliphatic heterocycles. The average Bonchev–Trinajstić information content (AvgIpc) is 2.68.